The first-order chi connectivity index (χ1) is 16.0. The highest BCUT2D eigenvalue weighted by molar-refractivity contribution is 7.98. The SMILES string of the molecule is COc1ccc(C(=O)NCc2nnc(SCc3cccc(F)c3)n2-c2cccc(C)c2)cc1. The Labute approximate surface area is 195 Å². The lowest BCUT2D eigenvalue weighted by Gasteiger charge is -2.12. The smallest absolute Gasteiger partial charge is 0.251 e. The summed E-state index contributed by atoms with van der Waals surface area (Å²) in [6.07, 6.45) is 0. The van der Waals surface area contributed by atoms with Crippen LogP contribution in [0.4, 0.5) is 4.39 Å². The molecule has 0 spiro atoms. The van der Waals surface area contributed by atoms with Crippen LogP contribution in [-0.4, -0.2) is 27.8 Å². The molecule has 0 unspecified atom stereocenters. The second-order valence-corrected chi connectivity index (χ2v) is 8.35. The molecule has 4 aromatic rings. The van der Waals surface area contributed by atoms with Gasteiger partial charge in [0.05, 0.1) is 13.7 Å². The van der Waals surface area contributed by atoms with Gasteiger partial charge in [-0.2, -0.15) is 0 Å². The second-order valence-electron chi connectivity index (χ2n) is 7.40. The molecule has 0 aliphatic heterocycles. The Morgan fingerprint density at radius 1 is 1.06 bits per heavy atom. The maximum absolute atomic E-state index is 13.6. The van der Waals surface area contributed by atoms with E-state index in [1.807, 2.05) is 41.8 Å². The minimum absolute atomic E-state index is 0.201. The van der Waals surface area contributed by atoms with Crippen LogP contribution in [-0.2, 0) is 12.3 Å². The fourth-order valence-corrected chi connectivity index (χ4v) is 4.23. The van der Waals surface area contributed by atoms with Gasteiger partial charge in [0.15, 0.2) is 11.0 Å². The first kappa shape index (κ1) is 22.5. The molecule has 0 fully saturated rings. The Bertz CT molecular complexity index is 1260. The fraction of sp³-hybridized carbons (Fsp3) is 0.160. The van der Waals surface area contributed by atoms with Crippen molar-refractivity contribution in [1.82, 2.24) is 20.1 Å². The van der Waals surface area contributed by atoms with Gasteiger partial charge in [-0.05, 0) is 66.6 Å². The van der Waals surface area contributed by atoms with E-state index in [1.165, 1.54) is 23.9 Å². The first-order valence-electron chi connectivity index (χ1n) is 10.3. The number of benzene rings is 3. The van der Waals surface area contributed by atoms with Crippen molar-refractivity contribution in [2.45, 2.75) is 24.4 Å². The molecule has 1 amide bonds. The standard InChI is InChI=1S/C25H23FN4O2S/c1-17-5-3-8-21(13-17)30-23(15-27-24(31)19-9-11-22(32-2)12-10-19)28-29-25(30)33-16-18-6-4-7-20(26)14-18/h3-14H,15-16H2,1-2H3,(H,27,31). The average molecular weight is 463 g/mol. The molecule has 0 aliphatic carbocycles. The van der Waals surface area contributed by atoms with E-state index in [1.54, 1.807) is 37.4 Å². The molecule has 168 valence electrons. The van der Waals surface area contributed by atoms with Crippen molar-refractivity contribution < 1.29 is 13.9 Å². The summed E-state index contributed by atoms with van der Waals surface area (Å²) in [7, 11) is 1.58. The van der Waals surface area contributed by atoms with Crippen molar-refractivity contribution in [1.29, 1.82) is 0 Å². The summed E-state index contributed by atoms with van der Waals surface area (Å²) in [6.45, 7) is 2.21. The summed E-state index contributed by atoms with van der Waals surface area (Å²) in [5, 5.41) is 12.3. The zero-order chi connectivity index (χ0) is 23.2. The Morgan fingerprint density at radius 2 is 1.85 bits per heavy atom. The lowest BCUT2D eigenvalue weighted by molar-refractivity contribution is 0.0949. The lowest BCUT2D eigenvalue weighted by atomic mass is 10.2. The number of halogens is 1. The van der Waals surface area contributed by atoms with Gasteiger partial charge in [-0.3, -0.25) is 9.36 Å². The van der Waals surface area contributed by atoms with Crippen LogP contribution in [0.5, 0.6) is 5.75 Å². The van der Waals surface area contributed by atoms with Crippen molar-refractivity contribution in [3.8, 4) is 11.4 Å². The molecule has 1 heterocycles. The first-order valence-corrected chi connectivity index (χ1v) is 11.3. The summed E-state index contributed by atoms with van der Waals surface area (Å²) >= 11 is 1.46. The van der Waals surface area contributed by atoms with Crippen LogP contribution < -0.4 is 10.1 Å². The predicted molar refractivity (Wildman–Crippen MR) is 126 cm³/mol. The summed E-state index contributed by atoms with van der Waals surface area (Å²) in [5.41, 5.74) is 3.37. The third-order valence-corrected chi connectivity index (χ3v) is 5.98. The Kier molecular flexibility index (Phi) is 7.04. The van der Waals surface area contributed by atoms with Gasteiger partial charge in [0.25, 0.3) is 5.91 Å². The highest BCUT2D eigenvalue weighted by Crippen LogP contribution is 2.26. The molecule has 0 saturated carbocycles. The van der Waals surface area contributed by atoms with E-state index in [2.05, 4.69) is 15.5 Å². The Balaban J connectivity index is 1.55. The van der Waals surface area contributed by atoms with Gasteiger partial charge in [0.1, 0.15) is 11.6 Å². The zero-order valence-corrected chi connectivity index (χ0v) is 19.1. The normalized spacial score (nSPS) is 10.8. The molecule has 0 bridgehead atoms. The quantitative estimate of drug-likeness (QED) is 0.376. The fourth-order valence-electron chi connectivity index (χ4n) is 3.31. The summed E-state index contributed by atoms with van der Waals surface area (Å²) < 4.78 is 20.6. The number of aryl methyl sites for hydroxylation is 1. The maximum atomic E-state index is 13.6. The molecule has 6 nitrogen and oxygen atoms in total. The molecule has 0 atom stereocenters. The zero-order valence-electron chi connectivity index (χ0n) is 18.3. The molecular formula is C25H23FN4O2S. The van der Waals surface area contributed by atoms with Crippen LogP contribution in [0.15, 0.2) is 78.0 Å². The topological polar surface area (TPSA) is 69.0 Å². The summed E-state index contributed by atoms with van der Waals surface area (Å²) in [6, 6.07) is 21.4. The number of ether oxygens (including phenoxy) is 1. The third kappa shape index (κ3) is 5.59. The van der Waals surface area contributed by atoms with Gasteiger partial charge in [0.2, 0.25) is 0 Å². The number of nitrogens with one attached hydrogen (secondary N) is 1. The highest BCUT2D eigenvalue weighted by Gasteiger charge is 2.16. The number of carbonyl (C=O) groups excluding carboxylic acids is 1. The van der Waals surface area contributed by atoms with Gasteiger partial charge in [-0.25, -0.2) is 4.39 Å². The number of methoxy groups -OCH3 is 1. The van der Waals surface area contributed by atoms with E-state index >= 15 is 0 Å². The van der Waals surface area contributed by atoms with E-state index < -0.39 is 0 Å². The highest BCUT2D eigenvalue weighted by atomic mass is 32.2. The summed E-state index contributed by atoms with van der Waals surface area (Å²) in [4.78, 5) is 12.6. The molecule has 4 rings (SSSR count). The van der Waals surface area contributed by atoms with Crippen molar-refractivity contribution in [2.24, 2.45) is 0 Å². The van der Waals surface area contributed by atoms with Crippen molar-refractivity contribution in [3.63, 3.8) is 0 Å². The maximum Gasteiger partial charge on any atom is 0.251 e. The number of rotatable bonds is 8. The Morgan fingerprint density at radius 3 is 2.58 bits per heavy atom. The number of nitrogens with zero attached hydrogens (tertiary/aromatic N) is 3. The molecule has 1 aromatic heterocycles. The van der Waals surface area contributed by atoms with E-state index in [4.69, 9.17) is 4.74 Å². The number of aromatic nitrogens is 3. The third-order valence-electron chi connectivity index (χ3n) is 4.98. The van der Waals surface area contributed by atoms with Crippen LogP contribution in [0, 0.1) is 12.7 Å². The lowest BCUT2D eigenvalue weighted by Crippen LogP contribution is -2.24. The van der Waals surface area contributed by atoms with Crippen LogP contribution in [0.2, 0.25) is 0 Å². The van der Waals surface area contributed by atoms with Crippen molar-refractivity contribution in [3.05, 3.63) is 101 Å². The van der Waals surface area contributed by atoms with E-state index in [0.29, 0.717) is 28.0 Å². The molecule has 8 heteroatoms. The van der Waals surface area contributed by atoms with Gasteiger partial charge in [-0.15, -0.1) is 10.2 Å². The van der Waals surface area contributed by atoms with Crippen molar-refractivity contribution in [2.75, 3.05) is 7.11 Å². The molecule has 0 saturated heterocycles. The number of hydrogen-bond donors (Lipinski definition) is 1. The van der Waals surface area contributed by atoms with Gasteiger partial charge >= 0.3 is 0 Å². The average Bonchev–Trinajstić information content (AvgIpc) is 3.24. The number of hydrogen-bond acceptors (Lipinski definition) is 5. The molecule has 0 radical (unpaired) electrons. The Hall–Kier alpha value is -3.65. The second kappa shape index (κ2) is 10.3. The minimum atomic E-state index is -0.268. The molecule has 0 aliphatic rings. The van der Waals surface area contributed by atoms with Crippen LogP contribution in [0.25, 0.3) is 5.69 Å². The van der Waals surface area contributed by atoms with Gasteiger partial charge < -0.3 is 10.1 Å². The predicted octanol–water partition coefficient (Wildman–Crippen LogP) is 4.95. The minimum Gasteiger partial charge on any atom is -0.497 e. The van der Waals surface area contributed by atoms with Gasteiger partial charge in [0, 0.05) is 17.0 Å². The number of thioether (sulfide) groups is 1. The molecular weight excluding hydrogens is 439 g/mol. The molecule has 33 heavy (non-hydrogen) atoms. The summed E-state index contributed by atoms with van der Waals surface area (Å²) in [5.74, 6) is 1.34. The van der Waals surface area contributed by atoms with Crippen LogP contribution in [0.3, 0.4) is 0 Å². The van der Waals surface area contributed by atoms with E-state index in [9.17, 15) is 9.18 Å². The molecule has 1 N–H and O–H groups in total. The number of carbonyl (C=O) groups is 1. The molecule has 3 aromatic carbocycles. The van der Waals surface area contributed by atoms with Crippen molar-refractivity contribution >= 4 is 17.7 Å². The van der Waals surface area contributed by atoms with Gasteiger partial charge in [-0.1, -0.05) is 36.0 Å². The number of amides is 1. The van der Waals surface area contributed by atoms with E-state index in [0.717, 1.165) is 16.8 Å². The van der Waals surface area contributed by atoms with Crippen LogP contribution in [0.1, 0.15) is 27.3 Å². The van der Waals surface area contributed by atoms with E-state index in [-0.39, 0.29) is 18.3 Å². The monoisotopic (exact) mass is 462 g/mol. The van der Waals surface area contributed by atoms with Crippen LogP contribution >= 0.6 is 11.8 Å². The largest absolute Gasteiger partial charge is 0.497 e.